The standard InChI is InChI=1S/C21H25N3O4S/c25-21-9-6-17-16-19(7-8-20(17)22-21)29(26,27)24-12-10-23(11-13-24)14-15-28-18-4-2-1-3-5-18/h1-5,7-8,16H,6,9-15H2,(H,22,25)/p+1. The predicted octanol–water partition coefficient (Wildman–Crippen LogP) is 0.540. The van der Waals surface area contributed by atoms with E-state index in [0.717, 1.165) is 30.9 Å². The van der Waals surface area contributed by atoms with E-state index in [1.807, 2.05) is 30.3 Å². The van der Waals surface area contributed by atoms with Crippen molar-refractivity contribution in [2.45, 2.75) is 17.7 Å². The Balaban J connectivity index is 1.32. The largest absolute Gasteiger partial charge is 0.488 e. The molecule has 2 aromatic carbocycles. The molecule has 0 unspecified atom stereocenters. The van der Waals surface area contributed by atoms with Crippen molar-refractivity contribution in [1.29, 1.82) is 0 Å². The summed E-state index contributed by atoms with van der Waals surface area (Å²) in [6.45, 7) is 3.98. The van der Waals surface area contributed by atoms with Gasteiger partial charge in [0.1, 0.15) is 18.9 Å². The number of rotatable bonds is 6. The summed E-state index contributed by atoms with van der Waals surface area (Å²) >= 11 is 0. The van der Waals surface area contributed by atoms with Crippen LogP contribution in [0, 0.1) is 0 Å². The van der Waals surface area contributed by atoms with Crippen LogP contribution in [0.2, 0.25) is 0 Å². The van der Waals surface area contributed by atoms with E-state index >= 15 is 0 Å². The molecule has 0 aliphatic carbocycles. The third kappa shape index (κ3) is 4.60. The van der Waals surface area contributed by atoms with Crippen molar-refractivity contribution in [2.75, 3.05) is 44.6 Å². The van der Waals surface area contributed by atoms with Gasteiger partial charge in [0.05, 0.1) is 31.1 Å². The highest BCUT2D eigenvalue weighted by Gasteiger charge is 2.31. The second-order valence-electron chi connectivity index (χ2n) is 7.43. The zero-order valence-electron chi connectivity index (χ0n) is 16.3. The number of anilines is 1. The average molecular weight is 417 g/mol. The molecular weight excluding hydrogens is 390 g/mol. The molecule has 0 atom stereocenters. The van der Waals surface area contributed by atoms with Gasteiger partial charge in [0.25, 0.3) is 0 Å². The Bertz CT molecular complexity index is 971. The molecule has 1 amide bonds. The third-order valence-electron chi connectivity index (χ3n) is 5.51. The van der Waals surface area contributed by atoms with Crippen molar-refractivity contribution in [2.24, 2.45) is 0 Å². The second kappa shape index (κ2) is 8.52. The normalized spacial score (nSPS) is 18.1. The lowest BCUT2D eigenvalue weighted by Crippen LogP contribution is -3.15. The SMILES string of the molecule is O=C1CCc2cc(S(=O)(=O)N3CC[NH+](CCOc4ccccc4)CC3)ccc2N1. The molecule has 2 aromatic rings. The van der Waals surface area contributed by atoms with Crippen molar-refractivity contribution in [3.63, 3.8) is 0 Å². The van der Waals surface area contributed by atoms with E-state index in [0.29, 0.717) is 43.1 Å². The van der Waals surface area contributed by atoms with Crippen LogP contribution >= 0.6 is 0 Å². The van der Waals surface area contributed by atoms with E-state index in [1.165, 1.54) is 4.90 Å². The van der Waals surface area contributed by atoms with Gasteiger partial charge in [0.15, 0.2) is 0 Å². The van der Waals surface area contributed by atoms with Gasteiger partial charge < -0.3 is 15.0 Å². The maximum atomic E-state index is 13.0. The minimum Gasteiger partial charge on any atom is -0.488 e. The Morgan fingerprint density at radius 1 is 1.03 bits per heavy atom. The molecule has 0 aromatic heterocycles. The number of amides is 1. The fourth-order valence-corrected chi connectivity index (χ4v) is 5.28. The number of hydrogen-bond acceptors (Lipinski definition) is 4. The molecule has 7 nitrogen and oxygen atoms in total. The number of nitrogens with one attached hydrogen (secondary N) is 2. The molecule has 154 valence electrons. The molecule has 4 rings (SSSR count). The number of carbonyl (C=O) groups is 1. The van der Waals surface area contributed by atoms with Crippen molar-refractivity contribution in [3.8, 4) is 5.75 Å². The number of nitrogens with zero attached hydrogens (tertiary/aromatic N) is 1. The fraction of sp³-hybridized carbons (Fsp3) is 0.381. The van der Waals surface area contributed by atoms with E-state index in [2.05, 4.69) is 5.32 Å². The smallest absolute Gasteiger partial charge is 0.243 e. The molecule has 1 fully saturated rings. The summed E-state index contributed by atoms with van der Waals surface area (Å²) in [5.41, 5.74) is 1.60. The number of para-hydroxylation sites is 1. The predicted molar refractivity (Wildman–Crippen MR) is 110 cm³/mol. The minimum atomic E-state index is -3.52. The molecule has 1 saturated heterocycles. The van der Waals surface area contributed by atoms with Crippen LogP contribution in [0.4, 0.5) is 5.69 Å². The highest BCUT2D eigenvalue weighted by molar-refractivity contribution is 7.89. The first-order valence-electron chi connectivity index (χ1n) is 9.97. The third-order valence-corrected chi connectivity index (χ3v) is 7.40. The highest BCUT2D eigenvalue weighted by atomic mass is 32.2. The van der Waals surface area contributed by atoms with Gasteiger partial charge in [-0.2, -0.15) is 4.31 Å². The monoisotopic (exact) mass is 416 g/mol. The van der Waals surface area contributed by atoms with Crippen LogP contribution in [-0.2, 0) is 21.2 Å². The first kappa shape index (κ1) is 19.9. The van der Waals surface area contributed by atoms with Gasteiger partial charge in [-0.1, -0.05) is 18.2 Å². The summed E-state index contributed by atoms with van der Waals surface area (Å²) in [6.07, 6.45) is 0.966. The van der Waals surface area contributed by atoms with Crippen LogP contribution in [0.1, 0.15) is 12.0 Å². The van der Waals surface area contributed by atoms with Gasteiger partial charge >= 0.3 is 0 Å². The Kier molecular flexibility index (Phi) is 5.84. The highest BCUT2D eigenvalue weighted by Crippen LogP contribution is 2.27. The van der Waals surface area contributed by atoms with Gasteiger partial charge in [0.2, 0.25) is 15.9 Å². The molecule has 0 spiro atoms. The molecule has 8 heteroatoms. The van der Waals surface area contributed by atoms with Gasteiger partial charge in [0, 0.05) is 12.1 Å². The lowest BCUT2D eigenvalue weighted by molar-refractivity contribution is -0.903. The zero-order chi connectivity index (χ0) is 20.3. The number of carbonyl (C=O) groups excluding carboxylic acids is 1. The van der Waals surface area contributed by atoms with Crippen molar-refractivity contribution < 1.29 is 22.8 Å². The van der Waals surface area contributed by atoms with E-state index < -0.39 is 10.0 Å². The summed E-state index contributed by atoms with van der Waals surface area (Å²) in [6, 6.07) is 14.7. The molecule has 0 bridgehead atoms. The summed E-state index contributed by atoms with van der Waals surface area (Å²) in [4.78, 5) is 13.1. The van der Waals surface area contributed by atoms with Gasteiger partial charge in [-0.3, -0.25) is 4.79 Å². The first-order chi connectivity index (χ1) is 14.0. The summed E-state index contributed by atoms with van der Waals surface area (Å²) in [5, 5.41) is 2.79. The number of aryl methyl sites for hydroxylation is 1. The van der Waals surface area contributed by atoms with Crippen molar-refractivity contribution >= 4 is 21.6 Å². The molecule has 0 radical (unpaired) electrons. The Hall–Kier alpha value is -2.42. The van der Waals surface area contributed by atoms with E-state index in [1.54, 1.807) is 22.5 Å². The lowest BCUT2D eigenvalue weighted by atomic mass is 10.0. The zero-order valence-corrected chi connectivity index (χ0v) is 17.1. The van der Waals surface area contributed by atoms with E-state index in [4.69, 9.17) is 4.74 Å². The molecule has 2 aliphatic heterocycles. The van der Waals surface area contributed by atoms with E-state index in [-0.39, 0.29) is 5.91 Å². The average Bonchev–Trinajstić information content (AvgIpc) is 2.74. The fourth-order valence-electron chi connectivity index (χ4n) is 3.79. The van der Waals surface area contributed by atoms with Crippen LogP contribution in [0.3, 0.4) is 0 Å². The number of sulfonamides is 1. The molecular formula is C21H26N3O4S+. The molecule has 2 heterocycles. The number of hydrogen-bond donors (Lipinski definition) is 2. The maximum Gasteiger partial charge on any atom is 0.243 e. The molecule has 0 saturated carbocycles. The number of piperazine rings is 1. The van der Waals surface area contributed by atoms with Crippen molar-refractivity contribution in [1.82, 2.24) is 4.31 Å². The summed E-state index contributed by atoms with van der Waals surface area (Å²) in [5.74, 6) is 0.833. The van der Waals surface area contributed by atoms with Crippen LogP contribution < -0.4 is 15.0 Å². The Morgan fingerprint density at radius 3 is 2.55 bits per heavy atom. The van der Waals surface area contributed by atoms with Crippen LogP contribution in [0.15, 0.2) is 53.4 Å². The maximum absolute atomic E-state index is 13.0. The molecule has 29 heavy (non-hydrogen) atoms. The van der Waals surface area contributed by atoms with Crippen molar-refractivity contribution in [3.05, 3.63) is 54.1 Å². The summed E-state index contributed by atoms with van der Waals surface area (Å²) < 4.78 is 33.4. The van der Waals surface area contributed by atoms with Gasteiger partial charge in [-0.25, -0.2) is 8.42 Å². The summed E-state index contributed by atoms with van der Waals surface area (Å²) in [7, 11) is -3.52. The van der Waals surface area contributed by atoms with Crippen LogP contribution in [-0.4, -0.2) is 58.0 Å². The van der Waals surface area contributed by atoms with Crippen LogP contribution in [0.25, 0.3) is 0 Å². The van der Waals surface area contributed by atoms with Gasteiger partial charge in [-0.15, -0.1) is 0 Å². The number of benzene rings is 2. The number of fused-ring (bicyclic) bond motifs is 1. The van der Waals surface area contributed by atoms with Crippen LogP contribution in [0.5, 0.6) is 5.75 Å². The topological polar surface area (TPSA) is 80.2 Å². The number of ether oxygens (including phenoxy) is 1. The van der Waals surface area contributed by atoms with E-state index in [9.17, 15) is 13.2 Å². The minimum absolute atomic E-state index is 0.0246. The second-order valence-corrected chi connectivity index (χ2v) is 9.37. The quantitative estimate of drug-likeness (QED) is 0.720. The Morgan fingerprint density at radius 2 is 1.79 bits per heavy atom. The number of quaternary nitrogens is 1. The molecule has 2 aliphatic rings. The lowest BCUT2D eigenvalue weighted by Gasteiger charge is -2.31. The molecule has 2 N–H and O–H groups in total. The van der Waals surface area contributed by atoms with Gasteiger partial charge in [-0.05, 0) is 42.3 Å². The Labute approximate surface area is 171 Å². The first-order valence-corrected chi connectivity index (χ1v) is 11.4.